The molecule has 102 valence electrons. The maximum atomic E-state index is 5.86. The van der Waals surface area contributed by atoms with Gasteiger partial charge in [0.1, 0.15) is 0 Å². The largest absolute Gasteiger partial charge is 0.374 e. The maximum absolute atomic E-state index is 5.86. The average Bonchev–Trinajstić information content (AvgIpc) is 2.82. The van der Waals surface area contributed by atoms with Crippen LogP contribution < -0.4 is 0 Å². The third-order valence-corrected chi connectivity index (χ3v) is 5.10. The molecular weight excluding hydrogens is 244 g/mol. The SMILES string of the molecule is COC12C=C(c3cccc4ccccc34)CC(CC1)C2. The quantitative estimate of drug-likeness (QED) is 0.756. The lowest BCUT2D eigenvalue weighted by Crippen LogP contribution is -2.28. The summed E-state index contributed by atoms with van der Waals surface area (Å²) < 4.78 is 5.86. The van der Waals surface area contributed by atoms with Gasteiger partial charge in [-0.15, -0.1) is 0 Å². The Kier molecular flexibility index (Phi) is 2.71. The summed E-state index contributed by atoms with van der Waals surface area (Å²) in [6.07, 6.45) is 7.32. The molecule has 20 heavy (non-hydrogen) atoms. The summed E-state index contributed by atoms with van der Waals surface area (Å²) in [6, 6.07) is 15.3. The number of benzene rings is 2. The molecule has 4 rings (SSSR count). The van der Waals surface area contributed by atoms with E-state index in [0.717, 1.165) is 5.92 Å². The predicted octanol–water partition coefficient (Wildman–Crippen LogP) is 4.81. The van der Waals surface area contributed by atoms with Crippen molar-refractivity contribution in [1.82, 2.24) is 0 Å². The molecule has 1 fully saturated rings. The molecule has 0 heterocycles. The summed E-state index contributed by atoms with van der Waals surface area (Å²) in [5.41, 5.74) is 2.89. The Morgan fingerprint density at radius 1 is 1.10 bits per heavy atom. The van der Waals surface area contributed by atoms with Crippen molar-refractivity contribution in [2.75, 3.05) is 7.11 Å². The van der Waals surface area contributed by atoms with E-state index in [4.69, 9.17) is 4.74 Å². The Hall–Kier alpha value is -1.60. The number of fused-ring (bicyclic) bond motifs is 3. The number of methoxy groups -OCH3 is 1. The van der Waals surface area contributed by atoms with Gasteiger partial charge in [-0.3, -0.25) is 0 Å². The van der Waals surface area contributed by atoms with E-state index in [9.17, 15) is 0 Å². The molecule has 2 unspecified atom stereocenters. The van der Waals surface area contributed by atoms with Gasteiger partial charge in [0.2, 0.25) is 0 Å². The Balaban J connectivity index is 1.88. The molecule has 0 aromatic heterocycles. The molecule has 1 nitrogen and oxygen atoms in total. The first-order valence-corrected chi connectivity index (χ1v) is 7.55. The van der Waals surface area contributed by atoms with Crippen LogP contribution in [0.1, 0.15) is 31.2 Å². The molecular formula is C19H20O. The summed E-state index contributed by atoms with van der Waals surface area (Å²) in [7, 11) is 1.87. The molecule has 2 aliphatic rings. The highest BCUT2D eigenvalue weighted by molar-refractivity contribution is 5.94. The molecule has 2 atom stereocenters. The number of rotatable bonds is 2. The molecule has 1 saturated carbocycles. The Morgan fingerprint density at radius 2 is 1.95 bits per heavy atom. The normalized spacial score (nSPS) is 28.6. The number of allylic oxidation sites excluding steroid dienone is 1. The minimum absolute atomic E-state index is 0.00912. The van der Waals surface area contributed by atoms with Crippen LogP contribution in [-0.4, -0.2) is 12.7 Å². The van der Waals surface area contributed by atoms with Crippen LogP contribution in [0.2, 0.25) is 0 Å². The lowest BCUT2D eigenvalue weighted by atomic mass is 9.82. The molecule has 0 spiro atoms. The molecule has 0 amide bonds. The van der Waals surface area contributed by atoms with Crippen LogP contribution in [0.25, 0.3) is 16.3 Å². The molecule has 2 aliphatic carbocycles. The standard InChI is InChI=1S/C19H20O/c1-20-19-10-9-14(12-19)11-16(13-19)18-8-4-6-15-5-2-3-7-17(15)18/h2-8,13-14H,9-12H2,1H3. The van der Waals surface area contributed by atoms with Crippen molar-refractivity contribution in [2.45, 2.75) is 31.3 Å². The summed E-state index contributed by atoms with van der Waals surface area (Å²) in [5, 5.41) is 2.70. The van der Waals surface area contributed by atoms with Gasteiger partial charge in [-0.25, -0.2) is 0 Å². The lowest BCUT2D eigenvalue weighted by molar-refractivity contribution is 0.0332. The van der Waals surface area contributed by atoms with Gasteiger partial charge in [0, 0.05) is 7.11 Å². The van der Waals surface area contributed by atoms with Crippen molar-refractivity contribution < 1.29 is 4.74 Å². The van der Waals surface area contributed by atoms with Crippen LogP contribution in [0.4, 0.5) is 0 Å². The fourth-order valence-corrected chi connectivity index (χ4v) is 4.07. The van der Waals surface area contributed by atoms with Gasteiger partial charge in [-0.1, -0.05) is 42.5 Å². The van der Waals surface area contributed by atoms with Crippen molar-refractivity contribution in [1.29, 1.82) is 0 Å². The summed E-state index contributed by atoms with van der Waals surface area (Å²) >= 11 is 0. The predicted molar refractivity (Wildman–Crippen MR) is 83.6 cm³/mol. The van der Waals surface area contributed by atoms with Gasteiger partial charge >= 0.3 is 0 Å². The third-order valence-electron chi connectivity index (χ3n) is 5.10. The van der Waals surface area contributed by atoms with E-state index in [1.807, 2.05) is 7.11 Å². The van der Waals surface area contributed by atoms with Gasteiger partial charge in [0.15, 0.2) is 0 Å². The minimum atomic E-state index is 0.00912. The lowest BCUT2D eigenvalue weighted by Gasteiger charge is -2.30. The van der Waals surface area contributed by atoms with Gasteiger partial charge in [-0.05, 0) is 59.6 Å². The number of ether oxygens (including phenoxy) is 1. The van der Waals surface area contributed by atoms with Gasteiger partial charge < -0.3 is 4.74 Å². The Bertz CT molecular complexity index is 680. The smallest absolute Gasteiger partial charge is 0.0867 e. The fourth-order valence-electron chi connectivity index (χ4n) is 4.07. The van der Waals surface area contributed by atoms with E-state index in [1.54, 1.807) is 0 Å². The monoisotopic (exact) mass is 264 g/mol. The zero-order valence-corrected chi connectivity index (χ0v) is 11.9. The van der Waals surface area contributed by atoms with E-state index < -0.39 is 0 Å². The van der Waals surface area contributed by atoms with Gasteiger partial charge in [-0.2, -0.15) is 0 Å². The average molecular weight is 264 g/mol. The van der Waals surface area contributed by atoms with Crippen LogP contribution in [0.5, 0.6) is 0 Å². The number of hydrogen-bond donors (Lipinski definition) is 0. The van der Waals surface area contributed by atoms with E-state index >= 15 is 0 Å². The molecule has 2 aromatic rings. The fraction of sp³-hybridized carbons (Fsp3) is 0.368. The molecule has 1 heteroatoms. The van der Waals surface area contributed by atoms with Crippen LogP contribution >= 0.6 is 0 Å². The van der Waals surface area contributed by atoms with Crippen molar-refractivity contribution in [2.24, 2.45) is 5.92 Å². The molecule has 0 aliphatic heterocycles. The highest BCUT2D eigenvalue weighted by atomic mass is 16.5. The summed E-state index contributed by atoms with van der Waals surface area (Å²) in [4.78, 5) is 0. The van der Waals surface area contributed by atoms with Crippen molar-refractivity contribution in [3.63, 3.8) is 0 Å². The second-order valence-corrected chi connectivity index (χ2v) is 6.28. The zero-order chi connectivity index (χ0) is 13.6. The second-order valence-electron chi connectivity index (χ2n) is 6.28. The van der Waals surface area contributed by atoms with Crippen molar-refractivity contribution >= 4 is 16.3 Å². The van der Waals surface area contributed by atoms with E-state index in [2.05, 4.69) is 48.5 Å². The van der Waals surface area contributed by atoms with E-state index in [-0.39, 0.29) is 5.60 Å². The third kappa shape index (κ3) is 1.81. The molecule has 0 radical (unpaired) electrons. The highest BCUT2D eigenvalue weighted by Gasteiger charge is 2.41. The summed E-state index contributed by atoms with van der Waals surface area (Å²) in [5.74, 6) is 0.800. The minimum Gasteiger partial charge on any atom is -0.374 e. The Morgan fingerprint density at radius 3 is 2.85 bits per heavy atom. The van der Waals surface area contributed by atoms with Crippen molar-refractivity contribution in [3.8, 4) is 0 Å². The van der Waals surface area contributed by atoms with Crippen LogP contribution in [-0.2, 0) is 4.74 Å². The van der Waals surface area contributed by atoms with Crippen molar-refractivity contribution in [3.05, 3.63) is 54.1 Å². The van der Waals surface area contributed by atoms with Gasteiger partial charge in [0.25, 0.3) is 0 Å². The van der Waals surface area contributed by atoms with Gasteiger partial charge in [0.05, 0.1) is 5.60 Å². The van der Waals surface area contributed by atoms with Crippen LogP contribution in [0.15, 0.2) is 48.5 Å². The molecule has 2 bridgehead atoms. The second kappa shape index (κ2) is 4.46. The molecule has 0 saturated heterocycles. The summed E-state index contributed by atoms with van der Waals surface area (Å²) in [6.45, 7) is 0. The highest BCUT2D eigenvalue weighted by Crippen LogP contribution is 2.48. The van der Waals surface area contributed by atoms with E-state index in [1.165, 1.54) is 47.6 Å². The molecule has 2 aromatic carbocycles. The van der Waals surface area contributed by atoms with Crippen LogP contribution in [0.3, 0.4) is 0 Å². The first kappa shape index (κ1) is 12.2. The van der Waals surface area contributed by atoms with E-state index in [0.29, 0.717) is 0 Å². The van der Waals surface area contributed by atoms with Crippen LogP contribution in [0, 0.1) is 5.92 Å². The molecule has 0 N–H and O–H groups in total. The first-order chi connectivity index (χ1) is 9.80. The Labute approximate surface area is 120 Å². The maximum Gasteiger partial charge on any atom is 0.0867 e. The zero-order valence-electron chi connectivity index (χ0n) is 11.9. The first-order valence-electron chi connectivity index (χ1n) is 7.55. The topological polar surface area (TPSA) is 9.23 Å². The number of hydrogen-bond acceptors (Lipinski definition) is 1.